The van der Waals surface area contributed by atoms with Crippen molar-refractivity contribution in [3.63, 3.8) is 0 Å². The topological polar surface area (TPSA) is 101 Å². The standard InChI is InChI=1S/C21H16F4N4O4S/c1-12-11-28(15-6-2-13(3-7-15)21(22,23)24)20(31)18-17(10-26-29(12)18)19(30)27-14-4-8-16(9-5-14)34(25,32)33/h2-10,12H,11H2,1H3,(H,27,30)/t12-/m0/s1. The number of nitrogens with zero attached hydrogens (tertiary/aromatic N) is 3. The second kappa shape index (κ2) is 8.24. The molecular formula is C21H16F4N4O4S. The number of benzene rings is 2. The molecule has 0 fully saturated rings. The average Bonchev–Trinajstić information content (AvgIpc) is 3.22. The van der Waals surface area contributed by atoms with Crippen molar-refractivity contribution in [2.45, 2.75) is 24.0 Å². The van der Waals surface area contributed by atoms with Crippen molar-refractivity contribution in [3.05, 3.63) is 71.5 Å². The van der Waals surface area contributed by atoms with Gasteiger partial charge in [-0.2, -0.15) is 26.7 Å². The van der Waals surface area contributed by atoms with Crippen molar-refractivity contribution in [1.29, 1.82) is 0 Å². The minimum absolute atomic E-state index is 0.0564. The fourth-order valence-electron chi connectivity index (χ4n) is 3.58. The molecule has 178 valence electrons. The van der Waals surface area contributed by atoms with Gasteiger partial charge >= 0.3 is 16.4 Å². The molecule has 1 atom stereocenters. The van der Waals surface area contributed by atoms with E-state index in [-0.39, 0.29) is 35.2 Å². The van der Waals surface area contributed by atoms with E-state index in [2.05, 4.69) is 10.4 Å². The summed E-state index contributed by atoms with van der Waals surface area (Å²) < 4.78 is 74.9. The predicted octanol–water partition coefficient (Wildman–Crippen LogP) is 4.03. The number of halogens is 4. The fourth-order valence-corrected chi connectivity index (χ4v) is 4.04. The van der Waals surface area contributed by atoms with Gasteiger partial charge in [0.05, 0.1) is 28.3 Å². The predicted molar refractivity (Wildman–Crippen MR) is 113 cm³/mol. The Morgan fingerprint density at radius 3 is 2.26 bits per heavy atom. The van der Waals surface area contributed by atoms with Crippen LogP contribution in [0.4, 0.5) is 28.4 Å². The summed E-state index contributed by atoms with van der Waals surface area (Å²) in [5.41, 5.74) is -0.625. The Bertz CT molecular complexity index is 1370. The zero-order valence-corrected chi connectivity index (χ0v) is 18.2. The molecule has 1 aliphatic rings. The molecule has 0 radical (unpaired) electrons. The number of aromatic nitrogens is 2. The second-order valence-corrected chi connectivity index (χ2v) is 8.92. The van der Waals surface area contributed by atoms with Crippen molar-refractivity contribution in [1.82, 2.24) is 9.78 Å². The van der Waals surface area contributed by atoms with Crippen LogP contribution in [0.25, 0.3) is 0 Å². The molecule has 0 spiro atoms. The largest absolute Gasteiger partial charge is 0.416 e. The van der Waals surface area contributed by atoms with Crippen molar-refractivity contribution in [3.8, 4) is 0 Å². The number of carbonyl (C=O) groups is 2. The third kappa shape index (κ3) is 4.38. The third-order valence-electron chi connectivity index (χ3n) is 5.25. The van der Waals surface area contributed by atoms with E-state index in [1.807, 2.05) is 0 Å². The number of amides is 2. The molecule has 1 aliphatic heterocycles. The zero-order valence-electron chi connectivity index (χ0n) is 17.4. The van der Waals surface area contributed by atoms with Crippen LogP contribution in [0.5, 0.6) is 0 Å². The molecule has 0 unspecified atom stereocenters. The lowest BCUT2D eigenvalue weighted by Gasteiger charge is -2.32. The van der Waals surface area contributed by atoms with E-state index >= 15 is 0 Å². The summed E-state index contributed by atoms with van der Waals surface area (Å²) in [7, 11) is -4.90. The number of nitrogens with one attached hydrogen (secondary N) is 1. The van der Waals surface area contributed by atoms with Crippen LogP contribution in [0.3, 0.4) is 0 Å². The van der Waals surface area contributed by atoms with Crippen LogP contribution in [-0.4, -0.2) is 36.6 Å². The van der Waals surface area contributed by atoms with E-state index in [4.69, 9.17) is 0 Å². The van der Waals surface area contributed by atoms with Gasteiger partial charge in [-0.05, 0) is 55.5 Å². The molecule has 4 rings (SSSR count). The number of alkyl halides is 3. The van der Waals surface area contributed by atoms with Gasteiger partial charge in [0, 0.05) is 17.9 Å². The van der Waals surface area contributed by atoms with Gasteiger partial charge < -0.3 is 10.2 Å². The summed E-state index contributed by atoms with van der Waals surface area (Å²) in [4.78, 5) is 26.7. The van der Waals surface area contributed by atoms with E-state index in [9.17, 15) is 35.1 Å². The maximum absolute atomic E-state index is 13.2. The minimum atomic E-state index is -4.90. The Balaban J connectivity index is 1.61. The molecule has 0 saturated heterocycles. The zero-order chi connectivity index (χ0) is 24.8. The molecule has 8 nitrogen and oxygen atoms in total. The van der Waals surface area contributed by atoms with Gasteiger partial charge in [-0.25, -0.2) is 0 Å². The SMILES string of the molecule is C[C@H]1CN(c2ccc(C(F)(F)F)cc2)C(=O)c2c(C(=O)Nc3ccc(S(=O)(=O)F)cc3)cnn21. The average molecular weight is 496 g/mol. The first-order valence-corrected chi connectivity index (χ1v) is 11.2. The summed E-state index contributed by atoms with van der Waals surface area (Å²) in [6.07, 6.45) is -3.33. The van der Waals surface area contributed by atoms with Crippen LogP contribution in [0.1, 0.15) is 39.4 Å². The number of hydrogen-bond acceptors (Lipinski definition) is 5. The fraction of sp³-hybridized carbons (Fsp3) is 0.190. The molecule has 2 amide bonds. The van der Waals surface area contributed by atoms with Crippen LogP contribution in [-0.2, 0) is 16.4 Å². The molecule has 1 N–H and O–H groups in total. The highest BCUT2D eigenvalue weighted by Crippen LogP contribution is 2.33. The van der Waals surface area contributed by atoms with Crippen molar-refractivity contribution in [2.24, 2.45) is 0 Å². The highest BCUT2D eigenvalue weighted by molar-refractivity contribution is 7.86. The van der Waals surface area contributed by atoms with Gasteiger partial charge in [0.2, 0.25) is 0 Å². The van der Waals surface area contributed by atoms with E-state index in [1.54, 1.807) is 6.92 Å². The van der Waals surface area contributed by atoms with Crippen molar-refractivity contribution >= 4 is 33.4 Å². The third-order valence-corrected chi connectivity index (χ3v) is 6.09. The van der Waals surface area contributed by atoms with Gasteiger partial charge in [-0.3, -0.25) is 14.3 Å². The monoisotopic (exact) mass is 496 g/mol. The van der Waals surface area contributed by atoms with E-state index < -0.39 is 38.7 Å². The normalized spacial score (nSPS) is 16.3. The molecule has 3 aromatic rings. The number of carbonyl (C=O) groups excluding carboxylic acids is 2. The molecule has 2 heterocycles. The molecule has 1 aromatic heterocycles. The lowest BCUT2D eigenvalue weighted by atomic mass is 10.1. The van der Waals surface area contributed by atoms with Crippen molar-refractivity contribution < 1.29 is 35.1 Å². The lowest BCUT2D eigenvalue weighted by Crippen LogP contribution is -2.43. The summed E-state index contributed by atoms with van der Waals surface area (Å²) in [6.45, 7) is 1.86. The summed E-state index contributed by atoms with van der Waals surface area (Å²) in [5, 5.41) is 6.58. The molecule has 0 bridgehead atoms. The second-order valence-electron chi connectivity index (χ2n) is 7.58. The van der Waals surface area contributed by atoms with Crippen LogP contribution in [0.2, 0.25) is 0 Å². The van der Waals surface area contributed by atoms with Gasteiger partial charge in [-0.15, -0.1) is 3.89 Å². The Labute approximate surface area is 191 Å². The number of hydrogen-bond donors (Lipinski definition) is 1. The summed E-state index contributed by atoms with van der Waals surface area (Å²) in [6, 6.07) is 8.02. The Morgan fingerprint density at radius 2 is 1.71 bits per heavy atom. The molecule has 34 heavy (non-hydrogen) atoms. The number of rotatable bonds is 4. The van der Waals surface area contributed by atoms with Gasteiger partial charge in [0.25, 0.3) is 11.8 Å². The molecule has 0 aliphatic carbocycles. The first kappa shape index (κ1) is 23.4. The minimum Gasteiger partial charge on any atom is -0.322 e. The van der Waals surface area contributed by atoms with Gasteiger partial charge in [0.15, 0.2) is 0 Å². The van der Waals surface area contributed by atoms with Crippen LogP contribution in [0, 0.1) is 0 Å². The Kier molecular flexibility index (Phi) is 5.67. The maximum atomic E-state index is 13.2. The Morgan fingerprint density at radius 1 is 1.09 bits per heavy atom. The number of anilines is 2. The first-order chi connectivity index (χ1) is 15.9. The molecule has 2 aromatic carbocycles. The Hall–Kier alpha value is -3.74. The quantitative estimate of drug-likeness (QED) is 0.434. The van der Waals surface area contributed by atoms with Crippen LogP contribution >= 0.6 is 0 Å². The van der Waals surface area contributed by atoms with E-state index in [1.165, 1.54) is 40.0 Å². The lowest BCUT2D eigenvalue weighted by molar-refractivity contribution is -0.137. The molecule has 0 saturated carbocycles. The van der Waals surface area contributed by atoms with Gasteiger partial charge in [-0.1, -0.05) is 0 Å². The molecule has 13 heteroatoms. The summed E-state index contributed by atoms with van der Waals surface area (Å²) >= 11 is 0. The summed E-state index contributed by atoms with van der Waals surface area (Å²) in [5.74, 6) is -1.36. The molecular weight excluding hydrogens is 480 g/mol. The van der Waals surface area contributed by atoms with Crippen molar-refractivity contribution in [2.75, 3.05) is 16.8 Å². The number of fused-ring (bicyclic) bond motifs is 1. The van der Waals surface area contributed by atoms with E-state index in [0.717, 1.165) is 24.3 Å². The highest BCUT2D eigenvalue weighted by atomic mass is 32.3. The van der Waals surface area contributed by atoms with Crippen LogP contribution in [0.15, 0.2) is 59.6 Å². The van der Waals surface area contributed by atoms with E-state index in [0.29, 0.717) is 0 Å². The van der Waals surface area contributed by atoms with Gasteiger partial charge in [0.1, 0.15) is 5.69 Å². The van der Waals surface area contributed by atoms with Crippen LogP contribution < -0.4 is 10.2 Å². The first-order valence-electron chi connectivity index (χ1n) is 9.79. The smallest absolute Gasteiger partial charge is 0.322 e. The maximum Gasteiger partial charge on any atom is 0.416 e. The highest BCUT2D eigenvalue weighted by Gasteiger charge is 2.36.